The van der Waals surface area contributed by atoms with E-state index in [0.29, 0.717) is 17.9 Å². The standard InChI is InChI=1S/C24H30O4/c1-7-14-28-19-11-8-17(9-12-19)21(25)13-10-18-15-20(24(2,3)4)23(27-6)16-22(18)26-5/h8-13,15-16H,7,14H2,1-6H3. The fourth-order valence-corrected chi connectivity index (χ4v) is 2.84. The summed E-state index contributed by atoms with van der Waals surface area (Å²) >= 11 is 0. The van der Waals surface area contributed by atoms with Crippen molar-refractivity contribution in [3.63, 3.8) is 0 Å². The Balaban J connectivity index is 2.28. The summed E-state index contributed by atoms with van der Waals surface area (Å²) in [5.41, 5.74) is 2.41. The molecule has 0 saturated heterocycles. The van der Waals surface area contributed by atoms with E-state index in [4.69, 9.17) is 14.2 Å². The predicted octanol–water partition coefficient (Wildman–Crippen LogP) is 5.69. The summed E-state index contributed by atoms with van der Waals surface area (Å²) in [6, 6.07) is 11.1. The summed E-state index contributed by atoms with van der Waals surface area (Å²) in [7, 11) is 3.26. The Morgan fingerprint density at radius 1 is 1.00 bits per heavy atom. The molecule has 2 rings (SSSR count). The molecule has 0 aliphatic carbocycles. The second kappa shape index (κ2) is 9.45. The highest BCUT2D eigenvalue weighted by atomic mass is 16.5. The van der Waals surface area contributed by atoms with Crippen LogP contribution in [0.2, 0.25) is 0 Å². The minimum absolute atomic E-state index is 0.0720. The number of carbonyl (C=O) groups is 1. The van der Waals surface area contributed by atoms with Crippen LogP contribution in [0.5, 0.6) is 17.2 Å². The molecule has 150 valence electrons. The van der Waals surface area contributed by atoms with Crippen molar-refractivity contribution in [1.29, 1.82) is 0 Å². The van der Waals surface area contributed by atoms with Gasteiger partial charge in [-0.1, -0.05) is 27.7 Å². The third kappa shape index (κ3) is 5.38. The van der Waals surface area contributed by atoms with Crippen LogP contribution in [0.3, 0.4) is 0 Å². The van der Waals surface area contributed by atoms with Crippen molar-refractivity contribution in [2.24, 2.45) is 0 Å². The molecule has 0 aliphatic heterocycles. The number of hydrogen-bond donors (Lipinski definition) is 0. The van der Waals surface area contributed by atoms with Crippen molar-refractivity contribution in [1.82, 2.24) is 0 Å². The van der Waals surface area contributed by atoms with Gasteiger partial charge in [0.05, 0.1) is 20.8 Å². The summed E-state index contributed by atoms with van der Waals surface area (Å²) in [5.74, 6) is 2.14. The lowest BCUT2D eigenvalue weighted by molar-refractivity contribution is 0.104. The molecule has 28 heavy (non-hydrogen) atoms. The highest BCUT2D eigenvalue weighted by Gasteiger charge is 2.21. The molecule has 0 unspecified atom stereocenters. The maximum Gasteiger partial charge on any atom is 0.185 e. The van der Waals surface area contributed by atoms with E-state index in [9.17, 15) is 4.79 Å². The van der Waals surface area contributed by atoms with Gasteiger partial charge < -0.3 is 14.2 Å². The molecule has 0 radical (unpaired) electrons. The van der Waals surface area contributed by atoms with Gasteiger partial charge in [-0.25, -0.2) is 0 Å². The molecular weight excluding hydrogens is 352 g/mol. The molecule has 4 nitrogen and oxygen atoms in total. The fraction of sp³-hybridized carbons (Fsp3) is 0.375. The van der Waals surface area contributed by atoms with Crippen molar-refractivity contribution < 1.29 is 19.0 Å². The van der Waals surface area contributed by atoms with E-state index in [2.05, 4.69) is 27.7 Å². The maximum absolute atomic E-state index is 12.6. The van der Waals surface area contributed by atoms with Crippen LogP contribution in [0.1, 0.15) is 55.6 Å². The number of benzene rings is 2. The average molecular weight is 383 g/mol. The van der Waals surface area contributed by atoms with Gasteiger partial charge in [-0.15, -0.1) is 0 Å². The molecule has 0 amide bonds. The molecule has 0 saturated carbocycles. The lowest BCUT2D eigenvalue weighted by Gasteiger charge is -2.23. The van der Waals surface area contributed by atoms with Crippen LogP contribution in [0.25, 0.3) is 6.08 Å². The molecule has 0 bridgehead atoms. The number of methoxy groups -OCH3 is 2. The van der Waals surface area contributed by atoms with Gasteiger partial charge in [0.1, 0.15) is 17.2 Å². The minimum atomic E-state index is -0.0987. The monoisotopic (exact) mass is 382 g/mol. The van der Waals surface area contributed by atoms with Crippen molar-refractivity contribution in [2.75, 3.05) is 20.8 Å². The number of carbonyl (C=O) groups excluding carboxylic acids is 1. The van der Waals surface area contributed by atoms with E-state index in [1.807, 2.05) is 24.3 Å². The molecule has 2 aromatic rings. The van der Waals surface area contributed by atoms with Gasteiger partial charge >= 0.3 is 0 Å². The Kier molecular flexibility index (Phi) is 7.27. The largest absolute Gasteiger partial charge is 0.496 e. The molecule has 0 N–H and O–H groups in total. The van der Waals surface area contributed by atoms with E-state index in [0.717, 1.165) is 29.0 Å². The molecule has 0 atom stereocenters. The highest BCUT2D eigenvalue weighted by Crippen LogP contribution is 2.37. The van der Waals surface area contributed by atoms with E-state index in [-0.39, 0.29) is 11.2 Å². The van der Waals surface area contributed by atoms with Crippen molar-refractivity contribution in [2.45, 2.75) is 39.5 Å². The second-order valence-electron chi connectivity index (χ2n) is 7.61. The van der Waals surface area contributed by atoms with Crippen LogP contribution < -0.4 is 14.2 Å². The highest BCUT2D eigenvalue weighted by molar-refractivity contribution is 6.07. The van der Waals surface area contributed by atoms with E-state index in [1.165, 1.54) is 0 Å². The summed E-state index contributed by atoms with van der Waals surface area (Å²) in [6.07, 6.45) is 4.31. The Bertz CT molecular complexity index is 827. The van der Waals surface area contributed by atoms with Crippen LogP contribution >= 0.6 is 0 Å². The third-order valence-corrected chi connectivity index (χ3v) is 4.39. The Morgan fingerprint density at radius 2 is 1.64 bits per heavy atom. The van der Waals surface area contributed by atoms with Crippen molar-refractivity contribution in [3.05, 3.63) is 59.2 Å². The van der Waals surface area contributed by atoms with E-state index in [1.54, 1.807) is 38.5 Å². The number of hydrogen-bond acceptors (Lipinski definition) is 4. The van der Waals surface area contributed by atoms with E-state index >= 15 is 0 Å². The zero-order valence-electron chi connectivity index (χ0n) is 17.7. The summed E-state index contributed by atoms with van der Waals surface area (Å²) in [6.45, 7) is 9.09. The molecule has 0 aromatic heterocycles. The van der Waals surface area contributed by atoms with Gasteiger partial charge in [-0.05, 0) is 54.3 Å². The minimum Gasteiger partial charge on any atom is -0.496 e. The lowest BCUT2D eigenvalue weighted by atomic mass is 9.85. The fourth-order valence-electron chi connectivity index (χ4n) is 2.84. The number of ether oxygens (including phenoxy) is 3. The molecule has 2 aromatic carbocycles. The second-order valence-corrected chi connectivity index (χ2v) is 7.61. The molecular formula is C24H30O4. The van der Waals surface area contributed by atoms with Gasteiger partial charge in [-0.3, -0.25) is 4.79 Å². The van der Waals surface area contributed by atoms with Crippen LogP contribution in [-0.2, 0) is 5.41 Å². The molecule has 0 fully saturated rings. The van der Waals surface area contributed by atoms with Crippen LogP contribution in [0.4, 0.5) is 0 Å². The topological polar surface area (TPSA) is 44.8 Å². The zero-order chi connectivity index (χ0) is 20.7. The van der Waals surface area contributed by atoms with E-state index < -0.39 is 0 Å². The molecule has 0 aliphatic rings. The first-order valence-corrected chi connectivity index (χ1v) is 9.52. The molecule has 0 heterocycles. The summed E-state index contributed by atoms with van der Waals surface area (Å²) in [4.78, 5) is 12.6. The summed E-state index contributed by atoms with van der Waals surface area (Å²) in [5, 5.41) is 0. The predicted molar refractivity (Wildman–Crippen MR) is 114 cm³/mol. The quantitative estimate of drug-likeness (QED) is 0.435. The smallest absolute Gasteiger partial charge is 0.185 e. The first-order valence-electron chi connectivity index (χ1n) is 9.52. The van der Waals surface area contributed by atoms with Gasteiger partial charge in [0.15, 0.2) is 5.78 Å². The Morgan fingerprint density at radius 3 is 2.18 bits per heavy atom. The SMILES string of the molecule is CCCOc1ccc(C(=O)C=Cc2cc(C(C)(C)C)c(OC)cc2OC)cc1. The summed E-state index contributed by atoms with van der Waals surface area (Å²) < 4.78 is 16.6. The number of rotatable bonds is 8. The molecule has 0 spiro atoms. The van der Waals surface area contributed by atoms with Gasteiger partial charge in [0.2, 0.25) is 0 Å². The van der Waals surface area contributed by atoms with Gasteiger partial charge in [0.25, 0.3) is 0 Å². The number of ketones is 1. The Hall–Kier alpha value is -2.75. The molecule has 4 heteroatoms. The lowest BCUT2D eigenvalue weighted by Crippen LogP contribution is -2.13. The Labute approximate surface area is 168 Å². The third-order valence-electron chi connectivity index (χ3n) is 4.39. The van der Waals surface area contributed by atoms with Gasteiger partial charge in [-0.2, -0.15) is 0 Å². The van der Waals surface area contributed by atoms with Crippen LogP contribution in [0.15, 0.2) is 42.5 Å². The maximum atomic E-state index is 12.6. The first kappa shape index (κ1) is 21.5. The average Bonchev–Trinajstić information content (AvgIpc) is 2.69. The van der Waals surface area contributed by atoms with Crippen molar-refractivity contribution in [3.8, 4) is 17.2 Å². The van der Waals surface area contributed by atoms with Crippen LogP contribution in [0, 0.1) is 0 Å². The van der Waals surface area contributed by atoms with Crippen molar-refractivity contribution >= 4 is 11.9 Å². The first-order chi connectivity index (χ1) is 13.3. The zero-order valence-corrected chi connectivity index (χ0v) is 17.7. The van der Waals surface area contributed by atoms with Crippen LogP contribution in [-0.4, -0.2) is 26.6 Å². The number of allylic oxidation sites excluding steroid dienone is 1. The normalized spacial score (nSPS) is 11.5. The van der Waals surface area contributed by atoms with Gasteiger partial charge in [0, 0.05) is 22.8 Å².